The Morgan fingerprint density at radius 3 is 2.22 bits per heavy atom. The van der Waals surface area contributed by atoms with Crippen LogP contribution in [0.3, 0.4) is 0 Å². The fourth-order valence-corrected chi connectivity index (χ4v) is 2.81. The lowest BCUT2D eigenvalue weighted by atomic mass is 9.93. The van der Waals surface area contributed by atoms with Crippen LogP contribution in [-0.4, -0.2) is 33.6 Å². The van der Waals surface area contributed by atoms with Gasteiger partial charge in [0.1, 0.15) is 18.2 Å². The molecule has 32 heavy (non-hydrogen) atoms. The third-order valence-corrected chi connectivity index (χ3v) is 4.32. The van der Waals surface area contributed by atoms with Gasteiger partial charge in [0.2, 0.25) is 11.7 Å². The predicted octanol–water partition coefficient (Wildman–Crippen LogP) is 6.10. The van der Waals surface area contributed by atoms with E-state index in [1.54, 1.807) is 27.7 Å². The molecule has 3 rings (SSSR count). The highest BCUT2D eigenvalue weighted by molar-refractivity contribution is 5.82. The molecule has 180 valence electrons. The fourth-order valence-electron chi connectivity index (χ4n) is 2.81. The summed E-state index contributed by atoms with van der Waals surface area (Å²) in [5, 5.41) is 3.26. The summed E-state index contributed by atoms with van der Waals surface area (Å²) < 4.78 is 62.5. The smallest absolute Gasteiger partial charge is 0.471 e. The highest BCUT2D eigenvalue weighted by atomic mass is 19.4. The number of carbonyl (C=O) groups is 1. The number of amides is 1. The van der Waals surface area contributed by atoms with E-state index in [0.29, 0.717) is 0 Å². The summed E-state index contributed by atoms with van der Waals surface area (Å²) in [7, 11) is 0. The molecule has 1 amide bonds. The van der Waals surface area contributed by atoms with Crippen molar-refractivity contribution < 1.29 is 31.6 Å². The van der Waals surface area contributed by atoms with Crippen LogP contribution >= 0.6 is 0 Å². The number of fused-ring (bicyclic) bond motifs is 1. The molecule has 0 radical (unpaired) electrons. The second-order valence-corrected chi connectivity index (χ2v) is 7.70. The van der Waals surface area contributed by atoms with Gasteiger partial charge in [-0.2, -0.15) is 18.2 Å². The summed E-state index contributed by atoms with van der Waals surface area (Å²) >= 11 is 0. The van der Waals surface area contributed by atoms with Crippen LogP contribution in [0.5, 0.6) is 5.75 Å². The molecule has 0 saturated carbocycles. The number of alkyl halides is 3. The molecule has 1 aliphatic rings. The second kappa shape index (κ2) is 10.8. The zero-order valence-corrected chi connectivity index (χ0v) is 19.7. The molecule has 2 heterocycles. The maximum absolute atomic E-state index is 14.8. The lowest BCUT2D eigenvalue weighted by Gasteiger charge is -2.32. The number of rotatable bonds is 1. The fraction of sp³-hybridized carbons (Fsp3) is 0.591. The monoisotopic (exact) mass is 461 g/mol. The van der Waals surface area contributed by atoms with Gasteiger partial charge < -0.3 is 14.2 Å². The molecule has 10 heteroatoms. The number of ether oxygens (including phenoxy) is 1. The summed E-state index contributed by atoms with van der Waals surface area (Å²) in [6.45, 7) is 15.2. The zero-order valence-electron chi connectivity index (χ0n) is 19.7. The number of aromatic nitrogens is 2. The van der Waals surface area contributed by atoms with Gasteiger partial charge in [0.05, 0.1) is 12.6 Å². The third-order valence-electron chi connectivity index (χ3n) is 4.32. The largest absolute Gasteiger partial charge is 0.491 e. The first kappa shape index (κ1) is 27.4. The van der Waals surface area contributed by atoms with Crippen LogP contribution in [-0.2, 0) is 17.5 Å². The molecule has 0 fully saturated rings. The number of hydrogen-bond acceptors (Lipinski definition) is 5. The van der Waals surface area contributed by atoms with Crippen molar-refractivity contribution in [2.75, 3.05) is 6.61 Å². The van der Waals surface area contributed by atoms with E-state index in [1.807, 2.05) is 27.7 Å². The van der Waals surface area contributed by atoms with Gasteiger partial charge in [-0.3, -0.25) is 4.79 Å². The van der Waals surface area contributed by atoms with Crippen LogP contribution < -0.4 is 4.74 Å². The van der Waals surface area contributed by atoms with Gasteiger partial charge >= 0.3 is 12.1 Å². The molecule has 1 aromatic heterocycles. The first-order valence-corrected chi connectivity index (χ1v) is 10.6. The maximum atomic E-state index is 14.8. The molecule has 1 unspecified atom stereocenters. The Hall–Kier alpha value is -2.65. The Balaban J connectivity index is 0.00000121. The number of carbonyl (C=O) groups excluding carboxylic acids is 1. The number of benzene rings is 1. The average molecular weight is 462 g/mol. The number of hydrogen-bond donors (Lipinski definition) is 0. The molecule has 1 aliphatic heterocycles. The lowest BCUT2D eigenvalue weighted by molar-refractivity contribution is -0.159. The van der Waals surface area contributed by atoms with Gasteiger partial charge in [-0.15, -0.1) is 0 Å². The Kier molecular flexibility index (Phi) is 9.23. The van der Waals surface area contributed by atoms with Gasteiger partial charge in [0, 0.05) is 16.5 Å². The molecule has 1 aromatic carbocycles. The average Bonchev–Trinajstić information content (AvgIpc) is 3.17. The van der Waals surface area contributed by atoms with Gasteiger partial charge in [0.15, 0.2) is 0 Å². The van der Waals surface area contributed by atoms with E-state index >= 15 is 0 Å². The Morgan fingerprint density at radius 1 is 1.12 bits per heavy atom. The van der Waals surface area contributed by atoms with E-state index in [1.165, 1.54) is 11.0 Å². The van der Waals surface area contributed by atoms with Gasteiger partial charge in [0.25, 0.3) is 0 Å². The van der Waals surface area contributed by atoms with Crippen molar-refractivity contribution in [3.05, 3.63) is 29.4 Å². The van der Waals surface area contributed by atoms with Crippen LogP contribution in [0.2, 0.25) is 0 Å². The van der Waals surface area contributed by atoms with Crippen molar-refractivity contribution in [1.29, 1.82) is 0 Å². The molecule has 0 saturated heterocycles. The van der Waals surface area contributed by atoms with Crippen LogP contribution in [0.15, 0.2) is 16.7 Å². The first-order chi connectivity index (χ1) is 14.9. The molecule has 0 aliphatic carbocycles. The van der Waals surface area contributed by atoms with Gasteiger partial charge in [-0.05, 0) is 19.1 Å². The van der Waals surface area contributed by atoms with E-state index in [0.717, 1.165) is 6.07 Å². The van der Waals surface area contributed by atoms with Gasteiger partial charge in [-0.25, -0.2) is 4.39 Å². The van der Waals surface area contributed by atoms with Crippen molar-refractivity contribution in [2.24, 2.45) is 5.41 Å². The van der Waals surface area contributed by atoms with E-state index in [2.05, 4.69) is 14.7 Å². The summed E-state index contributed by atoms with van der Waals surface area (Å²) in [6.07, 6.45) is -4.80. The number of halogens is 4. The van der Waals surface area contributed by atoms with Gasteiger partial charge in [-0.1, -0.05) is 53.6 Å². The molecule has 2 aromatic rings. The summed E-state index contributed by atoms with van der Waals surface area (Å²) in [5.74, 6) is -2.68. The molecular formula is C22H31F4N3O3. The van der Waals surface area contributed by atoms with Crippen molar-refractivity contribution in [2.45, 2.75) is 74.2 Å². The van der Waals surface area contributed by atoms with E-state index in [4.69, 9.17) is 4.74 Å². The van der Waals surface area contributed by atoms with E-state index < -0.39 is 29.1 Å². The summed E-state index contributed by atoms with van der Waals surface area (Å²) in [4.78, 5) is 17.5. The van der Waals surface area contributed by atoms with Crippen LogP contribution in [0.4, 0.5) is 17.6 Å². The second-order valence-electron chi connectivity index (χ2n) is 7.70. The highest BCUT2D eigenvalue weighted by Gasteiger charge is 2.39. The Bertz CT molecular complexity index is 905. The Morgan fingerprint density at radius 2 is 1.72 bits per heavy atom. The SMILES string of the molecule is CC.CC.CC1COc2cc(-c3noc(C(F)(F)F)n3)cc(F)c2CN1C(=O)C(C)(C)C. The summed E-state index contributed by atoms with van der Waals surface area (Å²) in [5.41, 5.74) is -0.530. The highest BCUT2D eigenvalue weighted by Crippen LogP contribution is 2.35. The van der Waals surface area contributed by atoms with Crippen molar-refractivity contribution in [3.8, 4) is 17.1 Å². The minimum Gasteiger partial charge on any atom is -0.491 e. The van der Waals surface area contributed by atoms with Crippen molar-refractivity contribution in [3.63, 3.8) is 0 Å². The van der Waals surface area contributed by atoms with E-state index in [9.17, 15) is 22.4 Å². The lowest BCUT2D eigenvalue weighted by Crippen LogP contribution is -2.45. The molecule has 1 atom stereocenters. The number of nitrogens with zero attached hydrogens (tertiary/aromatic N) is 3. The van der Waals surface area contributed by atoms with E-state index in [-0.39, 0.29) is 42.0 Å². The van der Waals surface area contributed by atoms with Crippen LogP contribution in [0.25, 0.3) is 11.4 Å². The maximum Gasteiger partial charge on any atom is 0.471 e. The molecule has 6 nitrogen and oxygen atoms in total. The molecular weight excluding hydrogens is 430 g/mol. The quantitative estimate of drug-likeness (QED) is 0.480. The predicted molar refractivity (Wildman–Crippen MR) is 112 cm³/mol. The molecule has 0 bridgehead atoms. The molecule has 0 N–H and O–H groups in total. The normalized spacial score (nSPS) is 15.9. The topological polar surface area (TPSA) is 68.5 Å². The van der Waals surface area contributed by atoms with Crippen molar-refractivity contribution in [1.82, 2.24) is 15.0 Å². The Labute approximate surface area is 185 Å². The van der Waals surface area contributed by atoms with Crippen molar-refractivity contribution >= 4 is 5.91 Å². The summed E-state index contributed by atoms with van der Waals surface area (Å²) in [6, 6.07) is 2.04. The standard InChI is InChI=1S/C18H19F4N3O3.2C2H6/c1-9-8-27-13-6-10(14-23-15(28-24-14)18(20,21)22)5-12(19)11(13)7-25(9)16(26)17(2,3)4;2*1-2/h5-6,9H,7-8H2,1-4H3;2*1-2H3. The minimum atomic E-state index is -4.80. The van der Waals surface area contributed by atoms with Crippen LogP contribution in [0, 0.1) is 11.2 Å². The van der Waals surface area contributed by atoms with Crippen LogP contribution in [0.1, 0.15) is 66.8 Å². The first-order valence-electron chi connectivity index (χ1n) is 10.6. The third kappa shape index (κ3) is 6.20. The molecule has 0 spiro atoms. The zero-order chi connectivity index (χ0) is 24.9. The minimum absolute atomic E-state index is 0.0150.